The van der Waals surface area contributed by atoms with E-state index in [1.165, 1.54) is 22.1 Å². The molecular weight excluding hydrogens is 603 g/mol. The summed E-state index contributed by atoms with van der Waals surface area (Å²) >= 11 is 1.20. The first-order chi connectivity index (χ1) is 20.4. The SMILES string of the molecule is CC1CCN(CCSc2cc(-c3nn(C[C@@H](O)CN4CCOCC4)c4c3CN(S(C)(=O)=O)CC4)ccc2C(F)(F)F)CC1. The first-order valence-corrected chi connectivity index (χ1v) is 17.8. The smallest absolute Gasteiger partial charge is 0.390 e. The maximum absolute atomic E-state index is 14.0. The molecule has 43 heavy (non-hydrogen) atoms. The van der Waals surface area contributed by atoms with E-state index in [0.717, 1.165) is 57.0 Å². The number of rotatable bonds is 10. The third kappa shape index (κ3) is 8.33. The minimum atomic E-state index is -4.50. The minimum absolute atomic E-state index is 0.0833. The number of alkyl halides is 3. The van der Waals surface area contributed by atoms with Gasteiger partial charge in [0.1, 0.15) is 0 Å². The van der Waals surface area contributed by atoms with Crippen molar-refractivity contribution in [1.82, 2.24) is 23.9 Å². The molecule has 3 aliphatic heterocycles. The highest BCUT2D eigenvalue weighted by Crippen LogP contribution is 2.40. The molecule has 0 saturated carbocycles. The van der Waals surface area contributed by atoms with Gasteiger partial charge in [-0.05, 0) is 44.0 Å². The lowest BCUT2D eigenvalue weighted by molar-refractivity contribution is -0.139. The van der Waals surface area contributed by atoms with Gasteiger partial charge >= 0.3 is 6.18 Å². The second-order valence-corrected chi connectivity index (χ2v) is 15.1. The average molecular weight is 646 g/mol. The van der Waals surface area contributed by atoms with Crippen molar-refractivity contribution < 1.29 is 31.4 Å². The van der Waals surface area contributed by atoms with Gasteiger partial charge in [0.15, 0.2) is 0 Å². The van der Waals surface area contributed by atoms with Crippen molar-refractivity contribution in [3.8, 4) is 11.3 Å². The number of β-amino-alcohol motifs (C(OH)–C–C–N with tert-alkyl or cyclic N) is 1. The van der Waals surface area contributed by atoms with E-state index >= 15 is 0 Å². The van der Waals surface area contributed by atoms with Crippen molar-refractivity contribution in [2.45, 2.75) is 56.5 Å². The predicted molar refractivity (Wildman–Crippen MR) is 160 cm³/mol. The highest BCUT2D eigenvalue weighted by Gasteiger charge is 2.35. The van der Waals surface area contributed by atoms with Crippen LogP contribution >= 0.6 is 11.8 Å². The maximum Gasteiger partial charge on any atom is 0.417 e. The third-order valence-corrected chi connectivity index (χ3v) is 10.9. The van der Waals surface area contributed by atoms with E-state index in [1.807, 2.05) is 0 Å². The minimum Gasteiger partial charge on any atom is -0.390 e. The van der Waals surface area contributed by atoms with Gasteiger partial charge in [0.05, 0.1) is 43.4 Å². The molecule has 0 spiro atoms. The summed E-state index contributed by atoms with van der Waals surface area (Å²) in [4.78, 5) is 4.58. The number of fused-ring (bicyclic) bond motifs is 1. The number of nitrogens with zero attached hydrogens (tertiary/aromatic N) is 5. The summed E-state index contributed by atoms with van der Waals surface area (Å²) in [6, 6.07) is 4.08. The van der Waals surface area contributed by atoms with Crippen LogP contribution in [-0.4, -0.2) is 115 Å². The Hall–Kier alpha value is -1.68. The van der Waals surface area contributed by atoms with Crippen molar-refractivity contribution in [2.24, 2.45) is 5.92 Å². The number of aliphatic hydroxyl groups is 1. The zero-order chi connectivity index (χ0) is 30.8. The van der Waals surface area contributed by atoms with Crippen molar-refractivity contribution in [3.63, 3.8) is 0 Å². The summed E-state index contributed by atoms with van der Waals surface area (Å²) in [6.45, 7) is 8.56. The van der Waals surface area contributed by atoms with E-state index in [0.29, 0.717) is 61.2 Å². The molecule has 4 heterocycles. The van der Waals surface area contributed by atoms with Crippen LogP contribution in [0.25, 0.3) is 11.3 Å². The molecule has 0 unspecified atom stereocenters. The van der Waals surface area contributed by atoms with E-state index in [-0.39, 0.29) is 24.5 Å². The molecule has 2 fully saturated rings. The molecule has 0 bridgehead atoms. The summed E-state index contributed by atoms with van der Waals surface area (Å²) in [5, 5.41) is 15.7. The highest BCUT2D eigenvalue weighted by atomic mass is 32.2. The molecule has 9 nitrogen and oxygen atoms in total. The second kappa shape index (κ2) is 13.8. The lowest BCUT2D eigenvalue weighted by Gasteiger charge is -2.30. The van der Waals surface area contributed by atoms with Crippen LogP contribution in [0.5, 0.6) is 0 Å². The normalized spacial score (nSPS) is 20.8. The molecule has 0 aliphatic carbocycles. The number of piperidine rings is 1. The van der Waals surface area contributed by atoms with Gasteiger partial charge in [-0.2, -0.15) is 22.6 Å². The number of ether oxygens (including phenoxy) is 1. The molecule has 3 aliphatic rings. The number of thioether (sulfide) groups is 1. The van der Waals surface area contributed by atoms with Crippen molar-refractivity contribution >= 4 is 21.8 Å². The zero-order valence-electron chi connectivity index (χ0n) is 24.9. The average Bonchev–Trinajstić information content (AvgIpc) is 3.31. The summed E-state index contributed by atoms with van der Waals surface area (Å²) < 4.78 is 75.5. The van der Waals surface area contributed by atoms with E-state index in [1.54, 1.807) is 10.7 Å². The van der Waals surface area contributed by atoms with Crippen molar-refractivity contribution in [3.05, 3.63) is 35.0 Å². The van der Waals surface area contributed by atoms with Gasteiger partial charge in [0, 0.05) is 73.2 Å². The molecule has 14 heteroatoms. The fraction of sp³-hybridized carbons (Fsp3) is 0.690. The molecule has 0 amide bonds. The van der Waals surface area contributed by atoms with Crippen molar-refractivity contribution in [2.75, 3.05) is 71.0 Å². The van der Waals surface area contributed by atoms with Crippen LogP contribution in [0.15, 0.2) is 23.1 Å². The monoisotopic (exact) mass is 645 g/mol. The van der Waals surface area contributed by atoms with Crippen LogP contribution in [0.1, 0.15) is 36.6 Å². The molecular formula is C29H42F3N5O4S2. The standard InChI is InChI=1S/C29H42F3N5O4S2/c1-21-5-8-34(9-6-21)13-16-42-27-17-22(3-4-25(27)29(30,31)32)28-24-20-36(43(2,39)40)10-7-26(24)37(33-28)19-23(38)18-35-11-14-41-15-12-35/h3-4,17,21,23,38H,5-16,18-20H2,1-2H3/t23-/m0/s1. The first-order valence-electron chi connectivity index (χ1n) is 15.0. The number of likely N-dealkylation sites (tertiary alicyclic amines) is 1. The number of hydrogen-bond acceptors (Lipinski definition) is 8. The first kappa shape index (κ1) is 32.7. The molecule has 1 atom stereocenters. The van der Waals surface area contributed by atoms with E-state index < -0.39 is 27.9 Å². The summed E-state index contributed by atoms with van der Waals surface area (Å²) in [6.07, 6.45) is -1.46. The van der Waals surface area contributed by atoms with Crippen LogP contribution in [0.3, 0.4) is 0 Å². The number of hydrogen-bond donors (Lipinski definition) is 1. The lowest BCUT2D eigenvalue weighted by atomic mass is 9.99. The van der Waals surface area contributed by atoms with Gasteiger partial charge in [-0.3, -0.25) is 9.58 Å². The molecule has 0 radical (unpaired) electrons. The Labute approximate surface area is 256 Å². The zero-order valence-corrected chi connectivity index (χ0v) is 26.5. The molecule has 1 aromatic heterocycles. The Morgan fingerprint density at radius 1 is 1.09 bits per heavy atom. The molecule has 1 N–H and O–H groups in total. The molecule has 2 aromatic rings. The fourth-order valence-corrected chi connectivity index (χ4v) is 7.97. The van der Waals surface area contributed by atoms with E-state index in [2.05, 4.69) is 16.7 Å². The molecule has 240 valence electrons. The van der Waals surface area contributed by atoms with Crippen LogP contribution < -0.4 is 0 Å². The lowest BCUT2D eigenvalue weighted by Crippen LogP contribution is -2.42. The quantitative estimate of drug-likeness (QED) is 0.394. The fourth-order valence-electron chi connectivity index (χ4n) is 6.06. The topological polar surface area (TPSA) is 91.1 Å². The van der Waals surface area contributed by atoms with E-state index in [9.17, 15) is 26.7 Å². The largest absolute Gasteiger partial charge is 0.417 e. The van der Waals surface area contributed by atoms with Gasteiger partial charge in [-0.25, -0.2) is 8.42 Å². The number of aromatic nitrogens is 2. The number of morpholine rings is 1. The Morgan fingerprint density at radius 3 is 2.49 bits per heavy atom. The van der Waals surface area contributed by atoms with Gasteiger partial charge in [-0.1, -0.05) is 13.0 Å². The van der Waals surface area contributed by atoms with Gasteiger partial charge < -0.3 is 14.7 Å². The number of aliphatic hydroxyl groups excluding tert-OH is 1. The molecule has 1 aromatic carbocycles. The van der Waals surface area contributed by atoms with Crippen molar-refractivity contribution in [1.29, 1.82) is 0 Å². The van der Waals surface area contributed by atoms with E-state index in [4.69, 9.17) is 9.84 Å². The van der Waals surface area contributed by atoms with Gasteiger partial charge in [-0.15, -0.1) is 11.8 Å². The predicted octanol–water partition coefficient (Wildman–Crippen LogP) is 3.40. The summed E-state index contributed by atoms with van der Waals surface area (Å²) in [7, 11) is -3.49. The Bertz CT molecular complexity index is 1360. The number of halogens is 3. The van der Waals surface area contributed by atoms with Crippen LogP contribution in [0.2, 0.25) is 0 Å². The third-order valence-electron chi connectivity index (χ3n) is 8.63. The number of sulfonamides is 1. The highest BCUT2D eigenvalue weighted by molar-refractivity contribution is 7.99. The Morgan fingerprint density at radius 2 is 1.81 bits per heavy atom. The molecule has 5 rings (SSSR count). The Balaban J connectivity index is 1.42. The maximum atomic E-state index is 14.0. The molecule has 2 saturated heterocycles. The van der Waals surface area contributed by atoms with Crippen LogP contribution in [0, 0.1) is 5.92 Å². The van der Waals surface area contributed by atoms with Crippen LogP contribution in [-0.2, 0) is 40.4 Å². The summed E-state index contributed by atoms with van der Waals surface area (Å²) in [5.41, 5.74) is 1.77. The number of benzene rings is 1. The van der Waals surface area contributed by atoms with Gasteiger partial charge in [0.25, 0.3) is 0 Å². The van der Waals surface area contributed by atoms with Gasteiger partial charge in [0.2, 0.25) is 10.0 Å². The Kier molecular flexibility index (Phi) is 10.5. The second-order valence-electron chi connectivity index (χ2n) is 12.0. The summed E-state index contributed by atoms with van der Waals surface area (Å²) in [5.74, 6) is 1.21. The van der Waals surface area contributed by atoms with Crippen LogP contribution in [0.4, 0.5) is 13.2 Å².